The number of esters is 1. The van der Waals surface area contributed by atoms with Gasteiger partial charge in [-0.25, -0.2) is 4.79 Å². The number of allylic oxidation sites excluding steroid dienone is 1. The van der Waals surface area contributed by atoms with Crippen LogP contribution in [0.15, 0.2) is 88.9 Å². The van der Waals surface area contributed by atoms with Crippen molar-refractivity contribution in [2.24, 2.45) is 0 Å². The number of nitrogens with zero attached hydrogens (tertiary/aromatic N) is 1. The van der Waals surface area contributed by atoms with Crippen LogP contribution in [-0.4, -0.2) is 11.8 Å². The molecule has 0 radical (unpaired) electrons. The first-order valence-corrected chi connectivity index (χ1v) is 9.15. The first kappa shape index (κ1) is 19.3. The summed E-state index contributed by atoms with van der Waals surface area (Å²) in [4.78, 5) is 24.6. The van der Waals surface area contributed by atoms with Crippen LogP contribution in [-0.2, 0) is 0 Å². The van der Waals surface area contributed by atoms with Gasteiger partial charge in [0, 0.05) is 10.0 Å². The molecule has 0 aromatic heterocycles. The lowest BCUT2D eigenvalue weighted by Crippen LogP contribution is -2.08. The SMILES string of the molecule is N#CC(=Cc1ccc(OC(=O)c2ccc(Br)cc2)cc1)C(=O)c1ccccc1. The van der Waals surface area contributed by atoms with Crippen molar-refractivity contribution in [3.05, 3.63) is 106 Å². The third kappa shape index (κ3) is 4.81. The molecule has 0 saturated carbocycles. The Labute approximate surface area is 170 Å². The van der Waals surface area contributed by atoms with Crippen LogP contribution in [0.4, 0.5) is 0 Å². The highest BCUT2D eigenvalue weighted by molar-refractivity contribution is 9.10. The molecule has 28 heavy (non-hydrogen) atoms. The number of hydrogen-bond acceptors (Lipinski definition) is 4. The minimum absolute atomic E-state index is 0.0332. The van der Waals surface area contributed by atoms with Crippen molar-refractivity contribution in [2.45, 2.75) is 0 Å². The monoisotopic (exact) mass is 431 g/mol. The number of ether oxygens (including phenoxy) is 1. The molecule has 136 valence electrons. The smallest absolute Gasteiger partial charge is 0.343 e. The highest BCUT2D eigenvalue weighted by Gasteiger charge is 2.12. The van der Waals surface area contributed by atoms with Gasteiger partial charge in [0.2, 0.25) is 5.78 Å². The Morgan fingerprint density at radius 3 is 2.11 bits per heavy atom. The van der Waals surface area contributed by atoms with Crippen LogP contribution >= 0.6 is 15.9 Å². The van der Waals surface area contributed by atoms with Crippen molar-refractivity contribution < 1.29 is 14.3 Å². The van der Waals surface area contributed by atoms with Gasteiger partial charge in [-0.2, -0.15) is 5.26 Å². The number of carbonyl (C=O) groups is 2. The van der Waals surface area contributed by atoms with Gasteiger partial charge < -0.3 is 4.74 Å². The lowest BCUT2D eigenvalue weighted by Gasteiger charge is -2.05. The van der Waals surface area contributed by atoms with E-state index in [0.717, 1.165) is 4.47 Å². The Kier molecular flexibility index (Phi) is 6.15. The minimum Gasteiger partial charge on any atom is -0.423 e. The average molecular weight is 432 g/mol. The lowest BCUT2D eigenvalue weighted by molar-refractivity contribution is 0.0734. The fourth-order valence-corrected chi connectivity index (χ4v) is 2.71. The Morgan fingerprint density at radius 1 is 0.857 bits per heavy atom. The largest absolute Gasteiger partial charge is 0.423 e. The van der Waals surface area contributed by atoms with Crippen molar-refractivity contribution in [3.63, 3.8) is 0 Å². The van der Waals surface area contributed by atoms with E-state index in [1.807, 2.05) is 6.07 Å². The second-order valence-electron chi connectivity index (χ2n) is 5.83. The number of carbonyl (C=O) groups excluding carboxylic acids is 2. The number of halogens is 1. The third-order valence-corrected chi connectivity index (χ3v) is 4.41. The molecule has 0 unspecified atom stereocenters. The van der Waals surface area contributed by atoms with Crippen molar-refractivity contribution >= 4 is 33.8 Å². The van der Waals surface area contributed by atoms with E-state index in [1.54, 1.807) is 78.9 Å². The summed E-state index contributed by atoms with van der Waals surface area (Å²) < 4.78 is 6.21. The molecule has 0 amide bonds. The molecule has 0 saturated heterocycles. The maximum atomic E-state index is 12.4. The maximum absolute atomic E-state index is 12.4. The van der Waals surface area contributed by atoms with Gasteiger partial charge in [-0.1, -0.05) is 58.4 Å². The van der Waals surface area contributed by atoms with Crippen LogP contribution in [0.2, 0.25) is 0 Å². The van der Waals surface area contributed by atoms with Crippen molar-refractivity contribution in [2.75, 3.05) is 0 Å². The number of nitriles is 1. The molecule has 0 aliphatic carbocycles. The molecule has 0 heterocycles. The average Bonchev–Trinajstić information content (AvgIpc) is 2.73. The van der Waals surface area contributed by atoms with Gasteiger partial charge in [-0.05, 0) is 48.0 Å². The van der Waals surface area contributed by atoms with Gasteiger partial charge in [-0.15, -0.1) is 0 Å². The molecule has 4 nitrogen and oxygen atoms in total. The van der Waals surface area contributed by atoms with E-state index in [1.165, 1.54) is 6.08 Å². The highest BCUT2D eigenvalue weighted by Crippen LogP contribution is 2.18. The molecule has 3 aromatic carbocycles. The topological polar surface area (TPSA) is 67.2 Å². The summed E-state index contributed by atoms with van der Waals surface area (Å²) >= 11 is 3.32. The van der Waals surface area contributed by atoms with E-state index < -0.39 is 5.97 Å². The van der Waals surface area contributed by atoms with Gasteiger partial charge in [0.25, 0.3) is 0 Å². The molecule has 0 fully saturated rings. The molecule has 0 bridgehead atoms. The van der Waals surface area contributed by atoms with Crippen molar-refractivity contribution in [1.82, 2.24) is 0 Å². The fraction of sp³-hybridized carbons (Fsp3) is 0. The fourth-order valence-electron chi connectivity index (χ4n) is 2.44. The predicted molar refractivity (Wildman–Crippen MR) is 110 cm³/mol. The number of benzene rings is 3. The second-order valence-corrected chi connectivity index (χ2v) is 6.75. The van der Waals surface area contributed by atoms with Crippen molar-refractivity contribution in [3.8, 4) is 11.8 Å². The summed E-state index contributed by atoms with van der Waals surface area (Å²) in [6.45, 7) is 0. The van der Waals surface area contributed by atoms with E-state index in [9.17, 15) is 14.9 Å². The maximum Gasteiger partial charge on any atom is 0.343 e. The third-order valence-electron chi connectivity index (χ3n) is 3.88. The lowest BCUT2D eigenvalue weighted by atomic mass is 10.0. The normalized spacial score (nSPS) is 10.8. The molecule has 0 aliphatic heterocycles. The molecular formula is C23H14BrNO3. The Balaban J connectivity index is 1.73. The Bertz CT molecular complexity index is 1060. The van der Waals surface area contributed by atoms with Crippen LogP contribution < -0.4 is 4.74 Å². The van der Waals surface area contributed by atoms with E-state index in [0.29, 0.717) is 22.4 Å². The van der Waals surface area contributed by atoms with Gasteiger partial charge in [0.15, 0.2) is 0 Å². The first-order chi connectivity index (χ1) is 13.6. The van der Waals surface area contributed by atoms with Crippen molar-refractivity contribution in [1.29, 1.82) is 5.26 Å². The van der Waals surface area contributed by atoms with Crippen LogP contribution in [0.5, 0.6) is 5.75 Å². The number of rotatable bonds is 5. The number of ketones is 1. The van der Waals surface area contributed by atoms with Gasteiger partial charge in [0.05, 0.1) is 5.56 Å². The van der Waals surface area contributed by atoms with Crippen LogP contribution in [0.25, 0.3) is 6.08 Å². The summed E-state index contributed by atoms with van der Waals surface area (Å²) in [5.74, 6) is -0.431. The standard InChI is InChI=1S/C23H14BrNO3/c24-20-10-8-18(9-11-20)23(27)28-21-12-6-16(7-13-21)14-19(15-25)22(26)17-4-2-1-3-5-17/h1-14H. The zero-order valence-corrected chi connectivity index (χ0v) is 16.2. The van der Waals surface area contributed by atoms with Gasteiger partial charge >= 0.3 is 5.97 Å². The molecular weight excluding hydrogens is 418 g/mol. The highest BCUT2D eigenvalue weighted by atomic mass is 79.9. The summed E-state index contributed by atoms with van der Waals surface area (Å²) in [7, 11) is 0. The number of Topliss-reactive ketones (excluding diaryl/α,β-unsaturated/α-hetero) is 1. The molecule has 3 aromatic rings. The summed E-state index contributed by atoms with van der Waals surface area (Å²) in [5, 5.41) is 9.33. The summed E-state index contributed by atoms with van der Waals surface area (Å²) in [6, 6.07) is 24.0. The minimum atomic E-state index is -0.465. The Morgan fingerprint density at radius 2 is 1.50 bits per heavy atom. The summed E-state index contributed by atoms with van der Waals surface area (Å²) in [5.41, 5.74) is 1.58. The van der Waals surface area contributed by atoms with E-state index in [2.05, 4.69) is 15.9 Å². The van der Waals surface area contributed by atoms with Gasteiger partial charge in [0.1, 0.15) is 17.4 Å². The second kappa shape index (κ2) is 8.94. The molecule has 0 spiro atoms. The summed E-state index contributed by atoms with van der Waals surface area (Å²) in [6.07, 6.45) is 1.51. The molecule has 0 N–H and O–H groups in total. The zero-order valence-electron chi connectivity index (χ0n) is 14.6. The quantitative estimate of drug-likeness (QED) is 0.177. The molecule has 5 heteroatoms. The van der Waals surface area contributed by atoms with Crippen LogP contribution in [0, 0.1) is 11.3 Å². The van der Waals surface area contributed by atoms with Gasteiger partial charge in [-0.3, -0.25) is 4.79 Å². The Hall–Kier alpha value is -3.49. The molecule has 0 atom stereocenters. The first-order valence-electron chi connectivity index (χ1n) is 8.36. The predicted octanol–water partition coefficient (Wildman–Crippen LogP) is 5.46. The van der Waals surface area contributed by atoms with Crippen LogP contribution in [0.1, 0.15) is 26.3 Å². The molecule has 0 aliphatic rings. The zero-order chi connectivity index (χ0) is 19.9. The van der Waals surface area contributed by atoms with E-state index >= 15 is 0 Å². The van der Waals surface area contributed by atoms with E-state index in [4.69, 9.17) is 4.74 Å². The number of hydrogen-bond donors (Lipinski definition) is 0. The van der Waals surface area contributed by atoms with E-state index in [-0.39, 0.29) is 11.4 Å². The van der Waals surface area contributed by atoms with Crippen LogP contribution in [0.3, 0.4) is 0 Å². The molecule has 3 rings (SSSR count).